The van der Waals surface area contributed by atoms with Gasteiger partial charge in [-0.3, -0.25) is 9.98 Å². The predicted octanol–water partition coefficient (Wildman–Crippen LogP) is 4.64. The van der Waals surface area contributed by atoms with Gasteiger partial charge in [-0.05, 0) is 29.4 Å². The summed E-state index contributed by atoms with van der Waals surface area (Å²) in [4.78, 5) is 8.52. The summed E-state index contributed by atoms with van der Waals surface area (Å²) in [5, 5.41) is 30.6. The zero-order valence-electron chi connectivity index (χ0n) is 17.3. The molecule has 1 heterocycles. The number of aliphatic hydroxyl groups is 1. The van der Waals surface area contributed by atoms with Crippen molar-refractivity contribution in [1.82, 2.24) is 4.98 Å². The second kappa shape index (κ2) is 7.31. The van der Waals surface area contributed by atoms with Crippen LogP contribution in [0.3, 0.4) is 0 Å². The number of rotatable bonds is 3. The monoisotopic (exact) mass is 370 g/mol. The summed E-state index contributed by atoms with van der Waals surface area (Å²) in [5.74, 6) is 0.107. The number of aryl methyl sites for hydroxylation is 1. The minimum atomic E-state index is -0.260. The lowest BCUT2D eigenvalue weighted by molar-refractivity contribution is 0.280. The largest absolute Gasteiger partial charge is 0.505 e. The van der Waals surface area contributed by atoms with E-state index in [-0.39, 0.29) is 28.9 Å². The van der Waals surface area contributed by atoms with E-state index in [0.717, 1.165) is 11.1 Å². The summed E-state index contributed by atoms with van der Waals surface area (Å²) in [6.07, 6.45) is 2.99. The molecule has 0 aliphatic rings. The highest BCUT2D eigenvalue weighted by Gasteiger charge is 2.25. The Morgan fingerprint density at radius 2 is 1.63 bits per heavy atom. The number of phenols is 1. The Kier molecular flexibility index (Phi) is 5.66. The zero-order valence-corrected chi connectivity index (χ0v) is 17.3. The quantitative estimate of drug-likeness (QED) is 0.687. The number of nitrogens with zero attached hydrogens (tertiary/aromatic N) is 2. The second-order valence-corrected chi connectivity index (χ2v) is 8.94. The minimum absolute atomic E-state index is 0.0205. The van der Waals surface area contributed by atoms with Gasteiger partial charge in [0.15, 0.2) is 0 Å². The van der Waals surface area contributed by atoms with Gasteiger partial charge in [0, 0.05) is 29.1 Å². The summed E-state index contributed by atoms with van der Waals surface area (Å²) in [5.41, 5.74) is 3.30. The minimum Gasteiger partial charge on any atom is -0.505 e. The van der Waals surface area contributed by atoms with Crippen molar-refractivity contribution in [2.75, 3.05) is 0 Å². The topological polar surface area (TPSA) is 85.9 Å². The van der Waals surface area contributed by atoms with E-state index < -0.39 is 0 Å². The Morgan fingerprint density at radius 3 is 2.15 bits per heavy atom. The summed E-state index contributed by atoms with van der Waals surface area (Å²) in [6.45, 7) is 13.9. The summed E-state index contributed by atoms with van der Waals surface area (Å²) < 4.78 is 0. The van der Waals surface area contributed by atoms with Gasteiger partial charge in [-0.15, -0.1) is 0 Å². The van der Waals surface area contributed by atoms with Gasteiger partial charge in [0.1, 0.15) is 17.2 Å². The lowest BCUT2D eigenvalue weighted by atomic mass is 9.80. The van der Waals surface area contributed by atoms with Crippen molar-refractivity contribution in [2.45, 2.75) is 65.9 Å². The fourth-order valence-electron chi connectivity index (χ4n) is 2.78. The van der Waals surface area contributed by atoms with Crippen molar-refractivity contribution in [2.24, 2.45) is 4.99 Å². The molecule has 5 heteroatoms. The Hall–Kier alpha value is -2.40. The van der Waals surface area contributed by atoms with Crippen LogP contribution < -0.4 is 0 Å². The van der Waals surface area contributed by atoms with Gasteiger partial charge in [-0.1, -0.05) is 47.6 Å². The standard InChI is InChI=1S/C22H30N2O3/c1-13-19(26)16(14(12-25)10-23-13)11-24-18-9-15(21(2,3)4)8-17(20(18)27)22(5,6)7/h8-11,25-27H,12H2,1-7H3. The first-order valence-electron chi connectivity index (χ1n) is 9.06. The molecule has 0 saturated carbocycles. The number of aliphatic hydroxyl groups excluding tert-OH is 1. The number of phenolic OH excluding ortho intramolecular Hbond substituents is 1. The molecule has 0 aliphatic heterocycles. The number of aromatic hydroxyl groups is 2. The average Bonchev–Trinajstić information content (AvgIpc) is 2.55. The lowest BCUT2D eigenvalue weighted by Gasteiger charge is -2.26. The van der Waals surface area contributed by atoms with Crippen molar-refractivity contribution in [3.8, 4) is 11.5 Å². The molecule has 0 unspecified atom stereocenters. The van der Waals surface area contributed by atoms with Gasteiger partial charge >= 0.3 is 0 Å². The Labute approximate surface area is 161 Å². The van der Waals surface area contributed by atoms with E-state index in [9.17, 15) is 15.3 Å². The molecule has 2 rings (SSSR count). The van der Waals surface area contributed by atoms with Gasteiger partial charge in [-0.2, -0.15) is 0 Å². The third-order valence-corrected chi connectivity index (χ3v) is 4.62. The fraction of sp³-hybridized carbons (Fsp3) is 0.455. The first-order chi connectivity index (χ1) is 12.4. The maximum Gasteiger partial charge on any atom is 0.145 e. The second-order valence-electron chi connectivity index (χ2n) is 8.94. The molecule has 0 saturated heterocycles. The van der Waals surface area contributed by atoms with Crippen LogP contribution in [0.5, 0.6) is 11.5 Å². The van der Waals surface area contributed by atoms with Gasteiger partial charge in [0.2, 0.25) is 0 Å². The van der Waals surface area contributed by atoms with Gasteiger partial charge in [0.25, 0.3) is 0 Å². The van der Waals surface area contributed by atoms with E-state index in [1.165, 1.54) is 12.4 Å². The summed E-state index contributed by atoms with van der Waals surface area (Å²) in [6, 6.07) is 3.90. The molecule has 3 N–H and O–H groups in total. The molecule has 0 fully saturated rings. The molecule has 5 nitrogen and oxygen atoms in total. The van der Waals surface area contributed by atoms with Crippen molar-refractivity contribution in [1.29, 1.82) is 0 Å². The molecule has 0 atom stereocenters. The molecule has 0 radical (unpaired) electrons. The SMILES string of the molecule is Cc1ncc(CO)c(C=Nc2cc(C(C)(C)C)cc(C(C)(C)C)c2O)c1O. The third-order valence-electron chi connectivity index (χ3n) is 4.62. The van der Waals surface area contributed by atoms with Crippen LogP contribution in [-0.4, -0.2) is 26.5 Å². The molecule has 0 bridgehead atoms. The normalized spacial score (nSPS) is 12.7. The van der Waals surface area contributed by atoms with Crippen LogP contribution in [0.4, 0.5) is 5.69 Å². The number of pyridine rings is 1. The van der Waals surface area contributed by atoms with Crippen LogP contribution in [0.25, 0.3) is 0 Å². The van der Waals surface area contributed by atoms with Gasteiger partial charge < -0.3 is 15.3 Å². The summed E-state index contributed by atoms with van der Waals surface area (Å²) >= 11 is 0. The maximum atomic E-state index is 10.8. The Bertz CT molecular complexity index is 873. The number of benzene rings is 1. The maximum absolute atomic E-state index is 10.8. The molecular weight excluding hydrogens is 340 g/mol. The molecule has 2 aromatic rings. The van der Waals surface area contributed by atoms with Gasteiger partial charge in [0.05, 0.1) is 12.3 Å². The smallest absolute Gasteiger partial charge is 0.145 e. The van der Waals surface area contributed by atoms with E-state index in [1.54, 1.807) is 6.92 Å². The lowest BCUT2D eigenvalue weighted by Crippen LogP contribution is -2.16. The summed E-state index contributed by atoms with van der Waals surface area (Å²) in [7, 11) is 0. The van der Waals surface area contributed by atoms with E-state index in [2.05, 4.69) is 30.7 Å². The van der Waals surface area contributed by atoms with E-state index in [4.69, 9.17) is 0 Å². The molecule has 27 heavy (non-hydrogen) atoms. The zero-order chi connectivity index (χ0) is 20.6. The fourth-order valence-corrected chi connectivity index (χ4v) is 2.78. The first kappa shape index (κ1) is 20.9. The number of hydrogen-bond donors (Lipinski definition) is 3. The molecule has 0 amide bonds. The number of hydrogen-bond acceptors (Lipinski definition) is 5. The van der Waals surface area contributed by atoms with Gasteiger partial charge in [-0.25, -0.2) is 0 Å². The average molecular weight is 370 g/mol. The Morgan fingerprint density at radius 1 is 1.00 bits per heavy atom. The molecule has 0 spiro atoms. The van der Waals surface area contributed by atoms with Crippen molar-refractivity contribution in [3.63, 3.8) is 0 Å². The number of aliphatic imine (C=N–C) groups is 1. The Balaban J connectivity index is 2.66. The predicted molar refractivity (Wildman–Crippen MR) is 109 cm³/mol. The van der Waals surface area contributed by atoms with Crippen molar-refractivity contribution < 1.29 is 15.3 Å². The number of aromatic nitrogens is 1. The van der Waals surface area contributed by atoms with E-state index >= 15 is 0 Å². The highest BCUT2D eigenvalue weighted by atomic mass is 16.3. The molecule has 0 aliphatic carbocycles. The molecule has 1 aromatic carbocycles. The van der Waals surface area contributed by atoms with Crippen LogP contribution in [0.1, 0.15) is 69.5 Å². The van der Waals surface area contributed by atoms with Crippen LogP contribution >= 0.6 is 0 Å². The van der Waals surface area contributed by atoms with Crippen molar-refractivity contribution in [3.05, 3.63) is 46.3 Å². The van der Waals surface area contributed by atoms with E-state index in [1.807, 2.05) is 32.9 Å². The van der Waals surface area contributed by atoms with E-state index in [0.29, 0.717) is 22.5 Å². The van der Waals surface area contributed by atoms with Crippen LogP contribution in [0.15, 0.2) is 23.3 Å². The van der Waals surface area contributed by atoms with Crippen molar-refractivity contribution >= 4 is 11.9 Å². The first-order valence-corrected chi connectivity index (χ1v) is 9.06. The highest BCUT2D eigenvalue weighted by molar-refractivity contribution is 5.88. The molecular formula is C22H30N2O3. The molecule has 146 valence electrons. The molecule has 1 aromatic heterocycles. The van der Waals surface area contributed by atoms with Crippen LogP contribution in [-0.2, 0) is 17.4 Å². The third kappa shape index (κ3) is 4.48. The highest BCUT2D eigenvalue weighted by Crippen LogP contribution is 2.41. The van der Waals surface area contributed by atoms with Crippen LogP contribution in [0, 0.1) is 6.92 Å². The van der Waals surface area contributed by atoms with Crippen LogP contribution in [0.2, 0.25) is 0 Å².